The number of amides is 4. The third kappa shape index (κ3) is 11.7. The van der Waals surface area contributed by atoms with Gasteiger partial charge in [0.25, 0.3) is 11.8 Å². The highest BCUT2D eigenvalue weighted by Gasteiger charge is 2.30. The second kappa shape index (κ2) is 18.3. The number of hydrogen-bond donors (Lipinski definition) is 5. The molecule has 260 valence electrons. The Hall–Kier alpha value is -4.29. The smallest absolute Gasteiger partial charge is 0.251 e. The highest BCUT2D eigenvalue weighted by Crippen LogP contribution is 2.18. The van der Waals surface area contributed by atoms with Crippen LogP contribution in [0.5, 0.6) is 5.75 Å². The van der Waals surface area contributed by atoms with Gasteiger partial charge in [0.2, 0.25) is 11.8 Å². The van der Waals surface area contributed by atoms with Gasteiger partial charge in [-0.05, 0) is 67.5 Å². The fourth-order valence-electron chi connectivity index (χ4n) is 4.97. The first-order valence-electron chi connectivity index (χ1n) is 16.3. The Kier molecular flexibility index (Phi) is 14.6. The molecular formula is C36H49N5O6S. The summed E-state index contributed by atoms with van der Waals surface area (Å²) in [6, 6.07) is 12.1. The number of aliphatic hydroxyl groups is 1. The fourth-order valence-corrected chi connectivity index (χ4v) is 5.68. The van der Waals surface area contributed by atoms with Gasteiger partial charge < -0.3 is 31.1 Å². The van der Waals surface area contributed by atoms with Crippen molar-refractivity contribution in [2.24, 2.45) is 17.8 Å². The van der Waals surface area contributed by atoms with Gasteiger partial charge in [-0.15, -0.1) is 11.3 Å². The maximum Gasteiger partial charge on any atom is 0.251 e. The summed E-state index contributed by atoms with van der Waals surface area (Å²) in [5, 5.41) is 25.6. The lowest BCUT2D eigenvalue weighted by atomic mass is 9.92. The van der Waals surface area contributed by atoms with Crippen molar-refractivity contribution >= 4 is 35.0 Å². The number of carbonyl (C=O) groups excluding carboxylic acids is 4. The number of thiazole rings is 1. The minimum atomic E-state index is -1.11. The van der Waals surface area contributed by atoms with Crippen LogP contribution in [-0.4, -0.2) is 65.6 Å². The summed E-state index contributed by atoms with van der Waals surface area (Å²) in [4.78, 5) is 56.8. The van der Waals surface area contributed by atoms with Crippen LogP contribution in [0.3, 0.4) is 0 Å². The van der Waals surface area contributed by atoms with Gasteiger partial charge in [-0.2, -0.15) is 0 Å². The molecule has 11 nitrogen and oxygen atoms in total. The van der Waals surface area contributed by atoms with Crippen molar-refractivity contribution in [1.29, 1.82) is 0 Å². The van der Waals surface area contributed by atoms with Crippen molar-refractivity contribution in [2.75, 3.05) is 13.7 Å². The molecule has 0 saturated heterocycles. The average Bonchev–Trinajstić information content (AvgIpc) is 3.49. The Morgan fingerprint density at radius 1 is 0.896 bits per heavy atom. The van der Waals surface area contributed by atoms with Crippen molar-refractivity contribution in [3.8, 4) is 5.75 Å². The zero-order chi connectivity index (χ0) is 35.4. The number of ether oxygens (including phenoxy) is 1. The molecule has 3 aromatic rings. The molecule has 1 aromatic heterocycles. The highest BCUT2D eigenvalue weighted by molar-refractivity contribution is 7.09. The lowest BCUT2D eigenvalue weighted by Crippen LogP contribution is -2.52. The first kappa shape index (κ1) is 38.2. The topological polar surface area (TPSA) is 159 Å². The molecule has 5 N–H and O–H groups in total. The van der Waals surface area contributed by atoms with Gasteiger partial charge in [-0.1, -0.05) is 52.8 Å². The van der Waals surface area contributed by atoms with E-state index in [0.29, 0.717) is 17.9 Å². The normalized spacial score (nSPS) is 13.7. The summed E-state index contributed by atoms with van der Waals surface area (Å²) < 4.78 is 5.26. The number of nitrogens with zero attached hydrogens (tertiary/aromatic N) is 1. The van der Waals surface area contributed by atoms with E-state index in [-0.39, 0.29) is 54.5 Å². The van der Waals surface area contributed by atoms with Gasteiger partial charge in [0.1, 0.15) is 16.8 Å². The molecule has 12 heteroatoms. The van der Waals surface area contributed by atoms with Crippen LogP contribution in [0.25, 0.3) is 0 Å². The zero-order valence-corrected chi connectivity index (χ0v) is 29.6. The molecule has 1 heterocycles. The largest absolute Gasteiger partial charge is 0.497 e. The van der Waals surface area contributed by atoms with Gasteiger partial charge in [0, 0.05) is 34.7 Å². The molecule has 0 fully saturated rings. The molecular weight excluding hydrogens is 630 g/mol. The van der Waals surface area contributed by atoms with Crippen molar-refractivity contribution in [2.45, 2.75) is 79.1 Å². The summed E-state index contributed by atoms with van der Waals surface area (Å²) in [7, 11) is 1.57. The Labute approximate surface area is 287 Å². The van der Waals surface area contributed by atoms with E-state index in [1.165, 1.54) is 17.4 Å². The van der Waals surface area contributed by atoms with Gasteiger partial charge in [-0.25, -0.2) is 4.98 Å². The Morgan fingerprint density at radius 3 is 2.15 bits per heavy atom. The van der Waals surface area contributed by atoms with Gasteiger partial charge in [0.15, 0.2) is 0 Å². The Balaban J connectivity index is 1.73. The van der Waals surface area contributed by atoms with Crippen LogP contribution in [0.2, 0.25) is 0 Å². The number of aromatic nitrogens is 1. The van der Waals surface area contributed by atoms with E-state index in [4.69, 9.17) is 4.74 Å². The molecule has 4 amide bonds. The van der Waals surface area contributed by atoms with Crippen LogP contribution >= 0.6 is 11.3 Å². The van der Waals surface area contributed by atoms with Gasteiger partial charge in [-0.3, -0.25) is 19.2 Å². The zero-order valence-electron chi connectivity index (χ0n) is 28.8. The maximum atomic E-state index is 13.5. The van der Waals surface area contributed by atoms with E-state index in [2.05, 4.69) is 26.3 Å². The minimum Gasteiger partial charge on any atom is -0.497 e. The number of nitrogens with one attached hydrogen (secondary N) is 4. The van der Waals surface area contributed by atoms with E-state index in [1.807, 2.05) is 52.1 Å². The first-order valence-corrected chi connectivity index (χ1v) is 17.1. The summed E-state index contributed by atoms with van der Waals surface area (Å²) in [6.07, 6.45) is -0.813. The number of aliphatic hydroxyl groups excluding tert-OH is 1. The molecule has 0 aliphatic heterocycles. The van der Waals surface area contributed by atoms with E-state index in [9.17, 15) is 24.3 Å². The minimum absolute atomic E-state index is 0.0318. The van der Waals surface area contributed by atoms with Crippen LogP contribution in [0.4, 0.5) is 0 Å². The standard InChI is InChI=1S/C36H49N5O6S/c1-21(2)18-37-36(46)32(22(3)4)41-33(43)23(5)15-30(42)29(16-25-11-13-28(47-7)14-12-25)40-35(45)27-10-8-9-26(17-27)34(44)38-19-31-39-24(6)20-48-31/h8-14,17,20-23,29-30,32,42H,15-16,18-19H2,1-7H3,(H,37,46)(H,38,44)(H,40,45)(H,41,43)/t23-,29+,30+,32+/m1/s1. The van der Waals surface area contributed by atoms with Gasteiger partial charge in [0.05, 0.1) is 25.8 Å². The molecule has 0 aliphatic rings. The first-order chi connectivity index (χ1) is 22.8. The highest BCUT2D eigenvalue weighted by atomic mass is 32.1. The summed E-state index contributed by atoms with van der Waals surface area (Å²) in [5.41, 5.74) is 2.28. The Morgan fingerprint density at radius 2 is 1.56 bits per heavy atom. The molecule has 0 unspecified atom stereocenters. The van der Waals surface area contributed by atoms with Crippen molar-refractivity contribution in [3.63, 3.8) is 0 Å². The average molecular weight is 680 g/mol. The van der Waals surface area contributed by atoms with Crippen LogP contribution in [0.15, 0.2) is 53.9 Å². The lowest BCUT2D eigenvalue weighted by Gasteiger charge is -2.28. The van der Waals surface area contributed by atoms with E-state index >= 15 is 0 Å². The van der Waals surface area contributed by atoms with Crippen LogP contribution in [0.1, 0.15) is 78.0 Å². The molecule has 0 saturated carbocycles. The molecule has 0 bridgehead atoms. The second-order valence-electron chi connectivity index (χ2n) is 12.9. The van der Waals surface area contributed by atoms with Gasteiger partial charge >= 0.3 is 0 Å². The quantitative estimate of drug-likeness (QED) is 0.144. The van der Waals surface area contributed by atoms with Crippen molar-refractivity contribution < 1.29 is 29.0 Å². The van der Waals surface area contributed by atoms with Crippen LogP contribution in [-0.2, 0) is 22.6 Å². The molecule has 48 heavy (non-hydrogen) atoms. The third-order valence-corrected chi connectivity index (χ3v) is 8.79. The van der Waals surface area contributed by atoms with E-state index in [1.54, 1.807) is 44.4 Å². The number of benzene rings is 2. The Bertz CT molecular complexity index is 1520. The monoisotopic (exact) mass is 679 g/mol. The van der Waals surface area contributed by atoms with Crippen LogP contribution < -0.4 is 26.0 Å². The number of hydrogen-bond acceptors (Lipinski definition) is 8. The number of methoxy groups -OCH3 is 1. The SMILES string of the molecule is COc1ccc(C[C@H](NC(=O)c2cccc(C(=O)NCc3nc(C)cs3)c2)[C@@H](O)C[C@@H](C)C(=O)N[C@H](C(=O)NCC(C)C)C(C)C)cc1. The molecule has 4 atom stereocenters. The lowest BCUT2D eigenvalue weighted by molar-refractivity contribution is -0.132. The number of aryl methyl sites for hydroxylation is 1. The van der Waals surface area contributed by atoms with Crippen molar-refractivity contribution in [1.82, 2.24) is 26.3 Å². The predicted molar refractivity (Wildman–Crippen MR) is 187 cm³/mol. The van der Waals surface area contributed by atoms with E-state index in [0.717, 1.165) is 16.3 Å². The summed E-state index contributed by atoms with van der Waals surface area (Å²) >= 11 is 1.46. The van der Waals surface area contributed by atoms with Crippen LogP contribution in [0, 0.1) is 24.7 Å². The molecule has 3 rings (SSSR count). The molecule has 0 spiro atoms. The predicted octanol–water partition coefficient (Wildman–Crippen LogP) is 4.03. The summed E-state index contributed by atoms with van der Waals surface area (Å²) in [5.74, 6) is -1.31. The maximum absolute atomic E-state index is 13.5. The third-order valence-electron chi connectivity index (χ3n) is 7.82. The van der Waals surface area contributed by atoms with E-state index < -0.39 is 30.0 Å². The summed E-state index contributed by atoms with van der Waals surface area (Å²) in [6.45, 7) is 12.1. The number of carbonyl (C=O) groups is 4. The molecule has 0 aliphatic carbocycles. The number of rotatable bonds is 17. The fraction of sp³-hybridized carbons (Fsp3) is 0.472. The van der Waals surface area contributed by atoms with Crippen molar-refractivity contribution in [3.05, 3.63) is 81.3 Å². The molecule has 2 aromatic carbocycles. The molecule has 0 radical (unpaired) electrons. The second-order valence-corrected chi connectivity index (χ2v) is 13.8.